The highest BCUT2D eigenvalue weighted by molar-refractivity contribution is 6.05. The van der Waals surface area contributed by atoms with Crippen molar-refractivity contribution in [1.82, 2.24) is 20.5 Å². The Kier molecular flexibility index (Phi) is 7.79. The molecule has 1 saturated heterocycles. The second kappa shape index (κ2) is 11.2. The van der Waals surface area contributed by atoms with Gasteiger partial charge in [-0.25, -0.2) is 4.98 Å². The summed E-state index contributed by atoms with van der Waals surface area (Å²) in [7, 11) is 0. The molecule has 35 heavy (non-hydrogen) atoms. The topological polar surface area (TPSA) is 131 Å². The molecule has 0 spiro atoms. The second-order valence-corrected chi connectivity index (χ2v) is 8.72. The van der Waals surface area contributed by atoms with Crippen LogP contribution in [0.3, 0.4) is 0 Å². The number of fused-ring (bicyclic) bond motifs is 1. The van der Waals surface area contributed by atoms with Crippen LogP contribution < -0.4 is 15.4 Å². The predicted molar refractivity (Wildman–Crippen MR) is 125 cm³/mol. The predicted octanol–water partition coefficient (Wildman–Crippen LogP) is 2.37. The van der Waals surface area contributed by atoms with Crippen molar-refractivity contribution in [3.8, 4) is 5.75 Å². The van der Waals surface area contributed by atoms with E-state index in [1.165, 1.54) is 11.3 Å². The SMILES string of the molecule is CCc1ncoc1C(=O)NCCCCCCOc1ccc2c(c1)CN(C1CCC(=O)NC1=O)C2=O. The van der Waals surface area contributed by atoms with Crippen LogP contribution in [0.2, 0.25) is 0 Å². The maximum atomic E-state index is 12.7. The number of nitrogens with one attached hydrogen (secondary N) is 2. The lowest BCUT2D eigenvalue weighted by Gasteiger charge is -2.29. The molecule has 10 heteroatoms. The molecule has 10 nitrogen and oxygen atoms in total. The van der Waals surface area contributed by atoms with E-state index in [9.17, 15) is 19.2 Å². The van der Waals surface area contributed by atoms with Crippen LogP contribution in [-0.2, 0) is 22.6 Å². The summed E-state index contributed by atoms with van der Waals surface area (Å²) in [5.74, 6) is -0.156. The number of ether oxygens (including phenoxy) is 1. The molecule has 1 fully saturated rings. The average Bonchev–Trinajstić information content (AvgIpc) is 3.45. The molecular formula is C25H30N4O6. The minimum Gasteiger partial charge on any atom is -0.494 e. The summed E-state index contributed by atoms with van der Waals surface area (Å²) in [4.78, 5) is 53.9. The summed E-state index contributed by atoms with van der Waals surface area (Å²) in [5, 5.41) is 5.17. The number of oxazole rings is 1. The molecule has 2 aliphatic rings. The lowest BCUT2D eigenvalue weighted by Crippen LogP contribution is -2.52. The van der Waals surface area contributed by atoms with Crippen LogP contribution in [0.25, 0.3) is 0 Å². The number of hydrogen-bond donors (Lipinski definition) is 2. The summed E-state index contributed by atoms with van der Waals surface area (Å²) in [5.41, 5.74) is 2.06. The molecule has 4 rings (SSSR count). The van der Waals surface area contributed by atoms with Crippen molar-refractivity contribution in [2.24, 2.45) is 0 Å². The first-order valence-electron chi connectivity index (χ1n) is 12.1. The van der Waals surface area contributed by atoms with Crippen LogP contribution in [-0.4, -0.2) is 52.7 Å². The number of amides is 4. The summed E-state index contributed by atoms with van der Waals surface area (Å²) in [6, 6.07) is 4.74. The largest absolute Gasteiger partial charge is 0.494 e. The van der Waals surface area contributed by atoms with Crippen LogP contribution in [0.15, 0.2) is 29.0 Å². The molecule has 0 radical (unpaired) electrons. The van der Waals surface area contributed by atoms with Crippen molar-refractivity contribution < 1.29 is 28.3 Å². The van der Waals surface area contributed by atoms with Gasteiger partial charge < -0.3 is 19.4 Å². The highest BCUT2D eigenvalue weighted by Crippen LogP contribution is 2.30. The third kappa shape index (κ3) is 5.70. The van der Waals surface area contributed by atoms with Gasteiger partial charge in [0.15, 0.2) is 6.39 Å². The fourth-order valence-electron chi connectivity index (χ4n) is 4.40. The minimum atomic E-state index is -0.619. The number of hydrogen-bond acceptors (Lipinski definition) is 7. The molecule has 186 valence electrons. The fourth-order valence-corrected chi connectivity index (χ4v) is 4.40. The van der Waals surface area contributed by atoms with E-state index in [0.717, 1.165) is 31.2 Å². The van der Waals surface area contributed by atoms with Gasteiger partial charge in [-0.3, -0.25) is 24.5 Å². The van der Waals surface area contributed by atoms with Crippen molar-refractivity contribution >= 4 is 23.6 Å². The van der Waals surface area contributed by atoms with Gasteiger partial charge >= 0.3 is 0 Å². The van der Waals surface area contributed by atoms with Crippen LogP contribution in [0.4, 0.5) is 0 Å². The first kappa shape index (κ1) is 24.4. The highest BCUT2D eigenvalue weighted by atomic mass is 16.5. The molecule has 0 aliphatic carbocycles. The van der Waals surface area contributed by atoms with Crippen LogP contribution >= 0.6 is 0 Å². The van der Waals surface area contributed by atoms with Crippen molar-refractivity contribution in [2.45, 2.75) is 64.5 Å². The molecular weight excluding hydrogens is 452 g/mol. The van der Waals surface area contributed by atoms with E-state index in [4.69, 9.17) is 9.15 Å². The number of carbonyl (C=O) groups excluding carboxylic acids is 4. The molecule has 3 heterocycles. The Balaban J connectivity index is 1.15. The van der Waals surface area contributed by atoms with Crippen molar-refractivity contribution in [1.29, 1.82) is 0 Å². The van der Waals surface area contributed by atoms with Gasteiger partial charge in [-0.2, -0.15) is 0 Å². The number of aryl methyl sites for hydroxylation is 1. The molecule has 1 aromatic carbocycles. The Morgan fingerprint density at radius 2 is 2.06 bits per heavy atom. The molecule has 2 N–H and O–H groups in total. The van der Waals surface area contributed by atoms with Crippen molar-refractivity contribution in [3.63, 3.8) is 0 Å². The normalized spacial score (nSPS) is 17.3. The van der Waals surface area contributed by atoms with E-state index >= 15 is 0 Å². The molecule has 1 aromatic heterocycles. The Hall–Kier alpha value is -3.69. The van der Waals surface area contributed by atoms with E-state index in [0.29, 0.717) is 49.5 Å². The maximum absolute atomic E-state index is 12.7. The second-order valence-electron chi connectivity index (χ2n) is 8.72. The maximum Gasteiger partial charge on any atom is 0.289 e. The zero-order valence-corrected chi connectivity index (χ0v) is 19.8. The zero-order chi connectivity index (χ0) is 24.8. The van der Waals surface area contributed by atoms with E-state index < -0.39 is 11.9 Å². The zero-order valence-electron chi connectivity index (χ0n) is 19.8. The van der Waals surface area contributed by atoms with Gasteiger partial charge in [0.1, 0.15) is 11.8 Å². The number of benzene rings is 1. The Bertz CT molecular complexity index is 1110. The van der Waals surface area contributed by atoms with Crippen molar-refractivity contribution in [3.05, 3.63) is 47.2 Å². The number of unbranched alkanes of at least 4 members (excludes halogenated alkanes) is 3. The molecule has 1 unspecified atom stereocenters. The molecule has 2 aromatic rings. The first-order valence-corrected chi connectivity index (χ1v) is 12.1. The van der Waals surface area contributed by atoms with Gasteiger partial charge in [-0.1, -0.05) is 19.8 Å². The molecule has 2 aliphatic heterocycles. The summed E-state index contributed by atoms with van der Waals surface area (Å²) in [6.45, 7) is 3.38. The van der Waals surface area contributed by atoms with E-state index in [1.54, 1.807) is 12.1 Å². The number of piperidine rings is 1. The third-order valence-electron chi connectivity index (χ3n) is 6.30. The summed E-state index contributed by atoms with van der Waals surface area (Å²) in [6.07, 6.45) is 6.17. The van der Waals surface area contributed by atoms with Crippen molar-refractivity contribution in [2.75, 3.05) is 13.2 Å². The van der Waals surface area contributed by atoms with E-state index in [-0.39, 0.29) is 29.9 Å². The number of carbonyl (C=O) groups is 4. The monoisotopic (exact) mass is 482 g/mol. The smallest absolute Gasteiger partial charge is 0.289 e. The van der Waals surface area contributed by atoms with Crippen LogP contribution in [0, 0.1) is 0 Å². The Morgan fingerprint density at radius 3 is 2.86 bits per heavy atom. The number of rotatable bonds is 11. The Morgan fingerprint density at radius 1 is 1.23 bits per heavy atom. The lowest BCUT2D eigenvalue weighted by molar-refractivity contribution is -0.136. The fraction of sp³-hybridized carbons (Fsp3) is 0.480. The van der Waals surface area contributed by atoms with Gasteiger partial charge in [-0.05, 0) is 49.4 Å². The lowest BCUT2D eigenvalue weighted by atomic mass is 10.0. The molecule has 0 saturated carbocycles. The Labute approximate surface area is 203 Å². The van der Waals surface area contributed by atoms with Crippen LogP contribution in [0.1, 0.15) is 77.6 Å². The van der Waals surface area contributed by atoms with Gasteiger partial charge in [0.2, 0.25) is 17.6 Å². The molecule has 1 atom stereocenters. The quantitative estimate of drug-likeness (QED) is 0.371. The summed E-state index contributed by atoms with van der Waals surface area (Å²) < 4.78 is 11.0. The van der Waals surface area contributed by atoms with E-state index in [1.807, 2.05) is 13.0 Å². The molecule has 4 amide bonds. The van der Waals surface area contributed by atoms with Gasteiger partial charge in [0, 0.05) is 25.1 Å². The number of nitrogens with zero attached hydrogens (tertiary/aromatic N) is 2. The summed E-state index contributed by atoms with van der Waals surface area (Å²) >= 11 is 0. The van der Waals surface area contributed by atoms with Gasteiger partial charge in [0.05, 0.1) is 12.3 Å². The van der Waals surface area contributed by atoms with Crippen LogP contribution in [0.5, 0.6) is 5.75 Å². The van der Waals surface area contributed by atoms with Gasteiger partial charge in [0.25, 0.3) is 11.8 Å². The van der Waals surface area contributed by atoms with Gasteiger partial charge in [-0.15, -0.1) is 0 Å². The number of imide groups is 1. The third-order valence-corrected chi connectivity index (χ3v) is 6.30. The standard InChI is InChI=1S/C25H30N4O6/c1-2-19-22(35-15-27-19)24(32)26-11-5-3-4-6-12-34-17-7-8-18-16(13-17)14-29(25(18)33)20-9-10-21(30)28-23(20)31/h7-8,13,15,20H,2-6,9-12,14H2,1H3,(H,26,32)(H,28,30,31). The first-order chi connectivity index (χ1) is 17.0. The van der Waals surface area contributed by atoms with E-state index in [2.05, 4.69) is 15.6 Å². The average molecular weight is 483 g/mol. The minimum absolute atomic E-state index is 0.192. The number of aromatic nitrogens is 1. The highest BCUT2D eigenvalue weighted by Gasteiger charge is 2.39. The molecule has 0 bridgehead atoms.